The zero-order valence-electron chi connectivity index (χ0n) is 16.5. The van der Waals surface area contributed by atoms with E-state index >= 15 is 0 Å². The molecule has 1 aliphatic rings. The van der Waals surface area contributed by atoms with Crippen molar-refractivity contribution < 1.29 is 9.53 Å². The lowest BCUT2D eigenvalue weighted by molar-refractivity contribution is -0.130. The Labute approximate surface area is 157 Å². The van der Waals surface area contributed by atoms with Crippen molar-refractivity contribution in [1.29, 1.82) is 0 Å². The van der Waals surface area contributed by atoms with E-state index in [0.29, 0.717) is 12.3 Å². The first kappa shape index (κ1) is 20.1. The van der Waals surface area contributed by atoms with Gasteiger partial charge in [-0.15, -0.1) is 0 Å². The molecule has 1 heterocycles. The minimum atomic E-state index is -0.0535. The molecular weight excluding hydrogens is 328 g/mol. The molecule has 1 saturated heterocycles. The first-order chi connectivity index (χ1) is 12.5. The standard InChI is InChI=1S/C20H32N4O2/c1-5-21-20(24-11-9-16(2)10-12-24)22-14-17-7-6-8-18(13-17)26-15-19(25)23(3)4/h6-8,13,16H,5,9-12,14-15H2,1-4H3,(H,21,22). The monoisotopic (exact) mass is 360 g/mol. The predicted octanol–water partition coefficient (Wildman–Crippen LogP) is 2.35. The van der Waals surface area contributed by atoms with Gasteiger partial charge in [-0.3, -0.25) is 4.79 Å². The van der Waals surface area contributed by atoms with Gasteiger partial charge in [0.05, 0.1) is 6.54 Å². The van der Waals surface area contributed by atoms with Crippen molar-refractivity contribution in [3.05, 3.63) is 29.8 Å². The molecule has 0 spiro atoms. The van der Waals surface area contributed by atoms with Crippen LogP contribution in [0.15, 0.2) is 29.3 Å². The van der Waals surface area contributed by atoms with Gasteiger partial charge in [0.15, 0.2) is 12.6 Å². The summed E-state index contributed by atoms with van der Waals surface area (Å²) in [4.78, 5) is 20.3. The minimum Gasteiger partial charge on any atom is -0.484 e. The van der Waals surface area contributed by atoms with Gasteiger partial charge in [0.25, 0.3) is 5.91 Å². The second-order valence-electron chi connectivity index (χ2n) is 7.06. The molecule has 0 aliphatic carbocycles. The molecule has 1 N–H and O–H groups in total. The number of likely N-dealkylation sites (N-methyl/N-ethyl adjacent to an activating group) is 1. The van der Waals surface area contributed by atoms with Crippen LogP contribution in [0.2, 0.25) is 0 Å². The second kappa shape index (κ2) is 10.0. The van der Waals surface area contributed by atoms with Crippen LogP contribution in [0.1, 0.15) is 32.3 Å². The number of likely N-dealkylation sites (tertiary alicyclic amines) is 1. The summed E-state index contributed by atoms with van der Waals surface area (Å²) in [5.74, 6) is 2.42. The number of amides is 1. The van der Waals surface area contributed by atoms with Crippen LogP contribution in [0, 0.1) is 5.92 Å². The SMILES string of the molecule is CCNC(=NCc1cccc(OCC(=O)N(C)C)c1)N1CCC(C)CC1. The number of hydrogen-bond acceptors (Lipinski definition) is 3. The van der Waals surface area contributed by atoms with Gasteiger partial charge in [-0.05, 0) is 43.4 Å². The summed E-state index contributed by atoms with van der Waals surface area (Å²) in [5.41, 5.74) is 1.07. The fraction of sp³-hybridized carbons (Fsp3) is 0.600. The fourth-order valence-electron chi connectivity index (χ4n) is 2.82. The van der Waals surface area contributed by atoms with E-state index in [0.717, 1.165) is 37.1 Å². The van der Waals surface area contributed by atoms with Gasteiger partial charge in [-0.25, -0.2) is 4.99 Å². The number of ether oxygens (including phenoxy) is 1. The van der Waals surface area contributed by atoms with Crippen molar-refractivity contribution in [2.75, 3.05) is 40.3 Å². The molecule has 0 saturated carbocycles. The number of rotatable bonds is 6. The minimum absolute atomic E-state index is 0.0499. The van der Waals surface area contributed by atoms with Crippen molar-refractivity contribution in [1.82, 2.24) is 15.1 Å². The average Bonchev–Trinajstić information content (AvgIpc) is 2.64. The summed E-state index contributed by atoms with van der Waals surface area (Å²) in [6.45, 7) is 8.03. The molecule has 144 valence electrons. The van der Waals surface area contributed by atoms with Crippen LogP contribution in [0.5, 0.6) is 5.75 Å². The van der Waals surface area contributed by atoms with Crippen LogP contribution in [0.25, 0.3) is 0 Å². The Kier molecular flexibility index (Phi) is 7.75. The van der Waals surface area contributed by atoms with Gasteiger partial charge in [-0.2, -0.15) is 0 Å². The molecule has 1 aromatic rings. The van der Waals surface area contributed by atoms with E-state index in [2.05, 4.69) is 24.1 Å². The highest BCUT2D eigenvalue weighted by atomic mass is 16.5. The second-order valence-corrected chi connectivity index (χ2v) is 7.06. The van der Waals surface area contributed by atoms with Crippen molar-refractivity contribution in [2.45, 2.75) is 33.2 Å². The zero-order valence-corrected chi connectivity index (χ0v) is 16.5. The highest BCUT2D eigenvalue weighted by Gasteiger charge is 2.18. The molecule has 1 aliphatic heterocycles. The average molecular weight is 361 g/mol. The van der Waals surface area contributed by atoms with Crippen LogP contribution < -0.4 is 10.1 Å². The number of hydrogen-bond donors (Lipinski definition) is 1. The van der Waals surface area contributed by atoms with Gasteiger partial charge >= 0.3 is 0 Å². The van der Waals surface area contributed by atoms with Gasteiger partial charge in [0, 0.05) is 33.7 Å². The highest BCUT2D eigenvalue weighted by molar-refractivity contribution is 5.80. The summed E-state index contributed by atoms with van der Waals surface area (Å²) in [6.07, 6.45) is 2.43. The number of aliphatic imine (C=N–C) groups is 1. The summed E-state index contributed by atoms with van der Waals surface area (Å²) in [5, 5.41) is 3.40. The molecule has 1 aromatic carbocycles. The van der Waals surface area contributed by atoms with Crippen molar-refractivity contribution in [2.24, 2.45) is 10.9 Å². The summed E-state index contributed by atoms with van der Waals surface area (Å²) in [7, 11) is 3.45. The smallest absolute Gasteiger partial charge is 0.259 e. The van der Waals surface area contributed by atoms with Gasteiger partial charge < -0.3 is 19.9 Å². The van der Waals surface area contributed by atoms with Crippen LogP contribution >= 0.6 is 0 Å². The number of guanidine groups is 1. The Bertz CT molecular complexity index is 608. The van der Waals surface area contributed by atoms with Gasteiger partial charge in [0.1, 0.15) is 5.75 Å². The predicted molar refractivity (Wildman–Crippen MR) is 105 cm³/mol. The quantitative estimate of drug-likeness (QED) is 0.625. The topological polar surface area (TPSA) is 57.2 Å². The Hall–Kier alpha value is -2.24. The third-order valence-electron chi connectivity index (χ3n) is 4.59. The molecule has 6 nitrogen and oxygen atoms in total. The number of benzene rings is 1. The van der Waals surface area contributed by atoms with Crippen molar-refractivity contribution in [3.63, 3.8) is 0 Å². The summed E-state index contributed by atoms with van der Waals surface area (Å²) >= 11 is 0. The van der Waals surface area contributed by atoms with Gasteiger partial charge in [-0.1, -0.05) is 19.1 Å². The third kappa shape index (κ3) is 6.24. The zero-order chi connectivity index (χ0) is 18.9. The molecule has 1 amide bonds. The molecule has 6 heteroatoms. The maximum Gasteiger partial charge on any atom is 0.259 e. The molecule has 1 fully saturated rings. The number of piperidine rings is 1. The highest BCUT2D eigenvalue weighted by Crippen LogP contribution is 2.17. The Morgan fingerprint density at radius 2 is 2.08 bits per heavy atom. The number of carbonyl (C=O) groups is 1. The molecular formula is C20H32N4O2. The van der Waals surface area contributed by atoms with E-state index in [1.807, 2.05) is 24.3 Å². The van der Waals surface area contributed by atoms with Crippen molar-refractivity contribution in [3.8, 4) is 5.75 Å². The molecule has 0 radical (unpaired) electrons. The fourth-order valence-corrected chi connectivity index (χ4v) is 2.82. The Morgan fingerprint density at radius 1 is 1.35 bits per heavy atom. The Balaban J connectivity index is 1.98. The van der Waals surface area contributed by atoms with E-state index in [1.54, 1.807) is 14.1 Å². The number of carbonyl (C=O) groups excluding carboxylic acids is 1. The molecule has 0 atom stereocenters. The van der Waals surface area contributed by atoms with Crippen molar-refractivity contribution >= 4 is 11.9 Å². The molecule has 2 rings (SSSR count). The molecule has 0 unspecified atom stereocenters. The summed E-state index contributed by atoms with van der Waals surface area (Å²) in [6, 6.07) is 7.80. The van der Waals surface area contributed by atoms with E-state index < -0.39 is 0 Å². The lowest BCUT2D eigenvalue weighted by Gasteiger charge is -2.33. The number of nitrogens with one attached hydrogen (secondary N) is 1. The molecule has 0 aromatic heterocycles. The van der Waals surface area contributed by atoms with E-state index in [9.17, 15) is 4.79 Å². The third-order valence-corrected chi connectivity index (χ3v) is 4.59. The van der Waals surface area contributed by atoms with E-state index in [-0.39, 0.29) is 12.5 Å². The lowest BCUT2D eigenvalue weighted by Crippen LogP contribution is -2.45. The van der Waals surface area contributed by atoms with Crippen LogP contribution in [-0.2, 0) is 11.3 Å². The van der Waals surface area contributed by atoms with E-state index in [4.69, 9.17) is 9.73 Å². The van der Waals surface area contributed by atoms with Crippen LogP contribution in [0.3, 0.4) is 0 Å². The normalized spacial score (nSPS) is 15.7. The first-order valence-electron chi connectivity index (χ1n) is 9.44. The number of nitrogens with zero attached hydrogens (tertiary/aromatic N) is 3. The maximum atomic E-state index is 11.7. The van der Waals surface area contributed by atoms with Crippen LogP contribution in [-0.4, -0.2) is 62.0 Å². The summed E-state index contributed by atoms with van der Waals surface area (Å²) < 4.78 is 5.59. The lowest BCUT2D eigenvalue weighted by atomic mass is 10.00. The maximum absolute atomic E-state index is 11.7. The Morgan fingerprint density at radius 3 is 2.73 bits per heavy atom. The van der Waals surface area contributed by atoms with Crippen LogP contribution in [0.4, 0.5) is 0 Å². The first-order valence-corrected chi connectivity index (χ1v) is 9.44. The van der Waals surface area contributed by atoms with Gasteiger partial charge in [0.2, 0.25) is 0 Å². The largest absolute Gasteiger partial charge is 0.484 e. The molecule has 0 bridgehead atoms. The van der Waals surface area contributed by atoms with E-state index in [1.165, 1.54) is 17.7 Å². The molecule has 26 heavy (non-hydrogen) atoms.